The van der Waals surface area contributed by atoms with E-state index in [4.69, 9.17) is 19.9 Å². The van der Waals surface area contributed by atoms with Gasteiger partial charge in [0.05, 0.1) is 25.2 Å². The van der Waals surface area contributed by atoms with Gasteiger partial charge in [-0.3, -0.25) is 13.9 Å². The second-order valence-corrected chi connectivity index (χ2v) is 6.20. The molecule has 0 saturated heterocycles. The zero-order chi connectivity index (χ0) is 20.6. The molecule has 0 bridgehead atoms. The predicted octanol–water partition coefficient (Wildman–Crippen LogP) is 0.350. The summed E-state index contributed by atoms with van der Waals surface area (Å²) in [6.07, 6.45) is 0. The Labute approximate surface area is 160 Å². The number of esters is 1. The number of fused-ring (bicyclic) bond motifs is 1. The molecule has 1 aliphatic rings. The van der Waals surface area contributed by atoms with Gasteiger partial charge in [-0.2, -0.15) is 0 Å². The van der Waals surface area contributed by atoms with E-state index in [9.17, 15) is 14.4 Å². The normalized spacial score (nSPS) is 15.6. The predicted molar refractivity (Wildman–Crippen MR) is 100 cm³/mol. The first-order valence-corrected chi connectivity index (χ1v) is 8.60. The number of carbonyl (C=O) groups is 1. The molecule has 2 heterocycles. The van der Waals surface area contributed by atoms with Gasteiger partial charge in [-0.05, 0) is 13.0 Å². The van der Waals surface area contributed by atoms with Crippen molar-refractivity contribution in [3.05, 3.63) is 67.7 Å². The van der Waals surface area contributed by atoms with Crippen molar-refractivity contribution in [3.8, 4) is 11.6 Å². The molecule has 0 unspecified atom stereocenters. The fourth-order valence-corrected chi connectivity index (χ4v) is 3.31. The molecule has 0 saturated carbocycles. The van der Waals surface area contributed by atoms with Crippen LogP contribution >= 0.6 is 0 Å². The molecule has 28 heavy (non-hydrogen) atoms. The third-order valence-electron chi connectivity index (χ3n) is 4.64. The highest BCUT2D eigenvalue weighted by molar-refractivity contribution is 5.92. The fraction of sp³-hybridized carbons (Fsp3) is 0.316. The lowest BCUT2D eigenvalue weighted by Gasteiger charge is -2.29. The molecule has 1 aliphatic heterocycles. The van der Waals surface area contributed by atoms with Gasteiger partial charge in [0, 0.05) is 19.7 Å². The molecule has 0 fully saturated rings. The van der Waals surface area contributed by atoms with E-state index in [-0.39, 0.29) is 29.5 Å². The molecule has 0 amide bonds. The number of methoxy groups -OCH3 is 1. The van der Waals surface area contributed by atoms with E-state index < -0.39 is 23.1 Å². The lowest BCUT2D eigenvalue weighted by Crippen LogP contribution is -2.43. The lowest BCUT2D eigenvalue weighted by molar-refractivity contribution is -0.139. The highest BCUT2D eigenvalue weighted by Gasteiger charge is 2.40. The van der Waals surface area contributed by atoms with Crippen molar-refractivity contribution in [1.29, 1.82) is 0 Å². The minimum Gasteiger partial charge on any atom is -0.496 e. The van der Waals surface area contributed by atoms with Gasteiger partial charge in [0.25, 0.3) is 5.56 Å². The number of ether oxygens (including phenoxy) is 3. The Hall–Kier alpha value is -3.49. The number of para-hydroxylation sites is 1. The van der Waals surface area contributed by atoms with Crippen LogP contribution in [0.5, 0.6) is 11.6 Å². The van der Waals surface area contributed by atoms with Gasteiger partial charge in [-0.15, -0.1) is 0 Å². The van der Waals surface area contributed by atoms with Crippen LogP contribution in [0.1, 0.15) is 24.0 Å². The molecule has 1 aromatic heterocycles. The first kappa shape index (κ1) is 19.3. The molecule has 3 rings (SSSR count). The fourth-order valence-electron chi connectivity index (χ4n) is 3.31. The van der Waals surface area contributed by atoms with Crippen LogP contribution < -0.4 is 26.5 Å². The van der Waals surface area contributed by atoms with Crippen LogP contribution in [0.3, 0.4) is 0 Å². The number of hydrogen-bond donors (Lipinski definition) is 1. The topological polar surface area (TPSA) is 115 Å². The molecule has 2 aromatic rings. The van der Waals surface area contributed by atoms with Gasteiger partial charge in [-0.25, -0.2) is 9.59 Å². The summed E-state index contributed by atoms with van der Waals surface area (Å²) in [5, 5.41) is 0. The molecule has 0 spiro atoms. The Bertz CT molecular complexity index is 1100. The number of nitrogens with two attached hydrogens (primary N) is 1. The quantitative estimate of drug-likeness (QED) is 0.753. The molecular formula is C19H21N3O6. The van der Waals surface area contributed by atoms with Crippen LogP contribution in [0.2, 0.25) is 0 Å². The van der Waals surface area contributed by atoms with Crippen molar-refractivity contribution >= 4 is 5.97 Å². The van der Waals surface area contributed by atoms with Crippen molar-refractivity contribution in [2.75, 3.05) is 13.7 Å². The van der Waals surface area contributed by atoms with Crippen molar-refractivity contribution in [2.24, 2.45) is 19.8 Å². The van der Waals surface area contributed by atoms with Crippen LogP contribution in [0.25, 0.3) is 0 Å². The summed E-state index contributed by atoms with van der Waals surface area (Å²) in [6, 6.07) is 6.93. The highest BCUT2D eigenvalue weighted by atomic mass is 16.5. The number of hydrogen-bond acceptors (Lipinski definition) is 7. The van der Waals surface area contributed by atoms with E-state index in [2.05, 4.69) is 0 Å². The first-order valence-electron chi connectivity index (χ1n) is 8.60. The molecule has 1 atom stereocenters. The smallest absolute Gasteiger partial charge is 0.340 e. The van der Waals surface area contributed by atoms with E-state index >= 15 is 0 Å². The summed E-state index contributed by atoms with van der Waals surface area (Å²) in [6.45, 7) is 1.78. The minimum absolute atomic E-state index is 0.0189. The Morgan fingerprint density at radius 1 is 1.21 bits per heavy atom. The van der Waals surface area contributed by atoms with Gasteiger partial charge >= 0.3 is 11.7 Å². The standard InChI is InChI=1S/C19H21N3O6/c1-5-27-18(24)13-12(10-8-6-7-9-11(10)26-4)14-16(23)21(2)19(25)22(3)17(14)28-15(13)20/h6-9,12H,5,20H2,1-4H3/t12-/m0/s1. The van der Waals surface area contributed by atoms with Gasteiger partial charge in [0.15, 0.2) is 0 Å². The van der Waals surface area contributed by atoms with Crippen molar-refractivity contribution in [3.63, 3.8) is 0 Å². The van der Waals surface area contributed by atoms with Gasteiger partial charge in [0.2, 0.25) is 11.8 Å². The molecule has 148 valence electrons. The molecule has 0 radical (unpaired) electrons. The maximum Gasteiger partial charge on any atom is 0.340 e. The zero-order valence-corrected chi connectivity index (χ0v) is 16.0. The number of aromatic nitrogens is 2. The highest BCUT2D eigenvalue weighted by Crippen LogP contribution is 2.43. The Kier molecular flexibility index (Phi) is 5.00. The van der Waals surface area contributed by atoms with Gasteiger partial charge < -0.3 is 19.9 Å². The van der Waals surface area contributed by atoms with E-state index in [0.29, 0.717) is 11.3 Å². The van der Waals surface area contributed by atoms with E-state index in [1.165, 1.54) is 25.8 Å². The summed E-state index contributed by atoms with van der Waals surface area (Å²) < 4.78 is 18.2. The second-order valence-electron chi connectivity index (χ2n) is 6.20. The van der Waals surface area contributed by atoms with Crippen molar-refractivity contribution in [2.45, 2.75) is 12.8 Å². The number of carbonyl (C=O) groups excluding carboxylic acids is 1. The summed E-state index contributed by atoms with van der Waals surface area (Å²) in [5.74, 6) is -1.44. The summed E-state index contributed by atoms with van der Waals surface area (Å²) in [4.78, 5) is 38.0. The molecule has 2 N–H and O–H groups in total. The molecule has 9 heteroatoms. The second kappa shape index (κ2) is 7.26. The van der Waals surface area contributed by atoms with E-state index in [0.717, 1.165) is 4.57 Å². The zero-order valence-electron chi connectivity index (χ0n) is 16.0. The Balaban J connectivity index is 2.42. The largest absolute Gasteiger partial charge is 0.496 e. The Morgan fingerprint density at radius 2 is 1.89 bits per heavy atom. The number of benzene rings is 1. The van der Waals surface area contributed by atoms with Crippen molar-refractivity contribution < 1.29 is 19.0 Å². The maximum absolute atomic E-state index is 13.0. The monoisotopic (exact) mass is 387 g/mol. The number of rotatable bonds is 4. The summed E-state index contributed by atoms with van der Waals surface area (Å²) >= 11 is 0. The average molecular weight is 387 g/mol. The van der Waals surface area contributed by atoms with Crippen LogP contribution in [0.4, 0.5) is 0 Å². The van der Waals surface area contributed by atoms with Gasteiger partial charge in [-0.1, -0.05) is 18.2 Å². The number of nitrogens with zero attached hydrogens (tertiary/aromatic N) is 2. The average Bonchev–Trinajstić information content (AvgIpc) is 2.69. The van der Waals surface area contributed by atoms with Crippen LogP contribution in [-0.4, -0.2) is 28.8 Å². The molecule has 9 nitrogen and oxygen atoms in total. The van der Waals surface area contributed by atoms with Crippen LogP contribution in [-0.2, 0) is 23.6 Å². The lowest BCUT2D eigenvalue weighted by atomic mass is 9.84. The van der Waals surface area contributed by atoms with Gasteiger partial charge in [0.1, 0.15) is 11.3 Å². The van der Waals surface area contributed by atoms with E-state index in [1.54, 1.807) is 31.2 Å². The van der Waals surface area contributed by atoms with Crippen molar-refractivity contribution in [1.82, 2.24) is 9.13 Å². The Morgan fingerprint density at radius 3 is 2.54 bits per heavy atom. The summed E-state index contributed by atoms with van der Waals surface area (Å²) in [7, 11) is 4.30. The summed E-state index contributed by atoms with van der Waals surface area (Å²) in [5.41, 5.74) is 5.48. The molecule has 1 aromatic carbocycles. The SMILES string of the molecule is CCOC(=O)C1=C(N)Oc2c(c(=O)n(C)c(=O)n2C)[C@H]1c1ccccc1OC. The first-order chi connectivity index (χ1) is 13.3. The van der Waals surface area contributed by atoms with Crippen LogP contribution in [0, 0.1) is 0 Å². The molecule has 0 aliphatic carbocycles. The van der Waals surface area contributed by atoms with Crippen LogP contribution in [0.15, 0.2) is 45.3 Å². The van der Waals surface area contributed by atoms with E-state index in [1.807, 2.05) is 0 Å². The third kappa shape index (κ3) is 2.84. The third-order valence-corrected chi connectivity index (χ3v) is 4.64. The molecular weight excluding hydrogens is 366 g/mol. The minimum atomic E-state index is -0.926. The maximum atomic E-state index is 13.0.